The second-order valence-electron chi connectivity index (χ2n) is 5.35. The summed E-state index contributed by atoms with van der Waals surface area (Å²) in [5.41, 5.74) is -0.123. The van der Waals surface area contributed by atoms with Crippen LogP contribution in [0.3, 0.4) is 0 Å². The lowest BCUT2D eigenvalue weighted by Crippen LogP contribution is -2.59. The third-order valence-corrected chi connectivity index (χ3v) is 3.74. The number of hydrogen-bond acceptors (Lipinski definition) is 5. The van der Waals surface area contributed by atoms with E-state index < -0.39 is 17.4 Å². The SMILES string of the molecule is C[C@@]1(NCc2cc(C#N)ccc2C(=O)O)CCC(=O)NC1=O. The lowest BCUT2D eigenvalue weighted by Gasteiger charge is -2.32. The standard InChI is InChI=1S/C15H15N3O4/c1-15(5-4-12(19)18-14(15)22)17-8-10-6-9(7-16)2-3-11(10)13(20)21/h2-3,6,17H,4-5,8H2,1H3,(H,20,21)(H,18,19,22)/t15-/m1/s1. The Labute approximate surface area is 126 Å². The van der Waals surface area contributed by atoms with Gasteiger partial charge in [0.05, 0.1) is 22.7 Å². The number of imide groups is 1. The number of nitrogens with one attached hydrogen (secondary N) is 2. The van der Waals surface area contributed by atoms with Gasteiger partial charge in [-0.15, -0.1) is 0 Å². The highest BCUT2D eigenvalue weighted by Crippen LogP contribution is 2.19. The molecule has 1 aliphatic rings. The Morgan fingerprint density at radius 1 is 1.50 bits per heavy atom. The molecule has 0 bridgehead atoms. The van der Waals surface area contributed by atoms with E-state index in [1.165, 1.54) is 18.2 Å². The minimum atomic E-state index is -1.10. The number of aromatic carboxylic acids is 1. The molecule has 0 spiro atoms. The number of carboxylic acids is 1. The van der Waals surface area contributed by atoms with Gasteiger partial charge in [0.25, 0.3) is 0 Å². The summed E-state index contributed by atoms with van der Waals surface area (Å²) in [6.07, 6.45) is 0.553. The molecule has 1 aromatic carbocycles. The van der Waals surface area contributed by atoms with Crippen LogP contribution in [0.5, 0.6) is 0 Å². The van der Waals surface area contributed by atoms with Crippen molar-refractivity contribution in [3.05, 3.63) is 34.9 Å². The van der Waals surface area contributed by atoms with E-state index >= 15 is 0 Å². The summed E-state index contributed by atoms with van der Waals surface area (Å²) in [7, 11) is 0. The van der Waals surface area contributed by atoms with Gasteiger partial charge >= 0.3 is 5.97 Å². The van der Waals surface area contributed by atoms with Gasteiger partial charge in [-0.3, -0.25) is 20.2 Å². The maximum Gasteiger partial charge on any atom is 0.336 e. The Kier molecular flexibility index (Phi) is 4.24. The van der Waals surface area contributed by atoms with Gasteiger partial charge in [-0.05, 0) is 37.1 Å². The fraction of sp³-hybridized carbons (Fsp3) is 0.333. The summed E-state index contributed by atoms with van der Waals surface area (Å²) in [5.74, 6) is -1.85. The van der Waals surface area contributed by atoms with Crippen molar-refractivity contribution >= 4 is 17.8 Å². The number of hydrogen-bond donors (Lipinski definition) is 3. The molecule has 22 heavy (non-hydrogen) atoms. The second kappa shape index (κ2) is 5.95. The van der Waals surface area contributed by atoms with Crippen molar-refractivity contribution < 1.29 is 19.5 Å². The Morgan fingerprint density at radius 3 is 2.82 bits per heavy atom. The fourth-order valence-corrected chi connectivity index (χ4v) is 2.28. The van der Waals surface area contributed by atoms with Crippen LogP contribution >= 0.6 is 0 Å². The molecule has 114 valence electrons. The molecule has 2 rings (SSSR count). The highest BCUT2D eigenvalue weighted by Gasteiger charge is 2.38. The smallest absolute Gasteiger partial charge is 0.336 e. The molecule has 2 amide bonds. The second-order valence-corrected chi connectivity index (χ2v) is 5.35. The topological polar surface area (TPSA) is 119 Å². The van der Waals surface area contributed by atoms with Crippen molar-refractivity contribution in [3.63, 3.8) is 0 Å². The first-order valence-corrected chi connectivity index (χ1v) is 6.71. The third-order valence-electron chi connectivity index (χ3n) is 3.74. The number of piperidine rings is 1. The average Bonchev–Trinajstić information content (AvgIpc) is 2.49. The summed E-state index contributed by atoms with van der Waals surface area (Å²) < 4.78 is 0. The van der Waals surface area contributed by atoms with Crippen LogP contribution in [-0.4, -0.2) is 28.4 Å². The zero-order valence-electron chi connectivity index (χ0n) is 12.0. The van der Waals surface area contributed by atoms with Gasteiger partial charge in [0, 0.05) is 13.0 Å². The number of carbonyl (C=O) groups excluding carboxylic acids is 2. The molecule has 0 saturated carbocycles. The molecule has 1 aliphatic heterocycles. The summed E-state index contributed by atoms with van der Waals surface area (Å²) in [5, 5.41) is 23.3. The van der Waals surface area contributed by atoms with Gasteiger partial charge in [0.2, 0.25) is 11.8 Å². The summed E-state index contributed by atoms with van der Waals surface area (Å²) in [4.78, 5) is 34.3. The number of carboxylic acid groups (broad SMARTS) is 1. The predicted molar refractivity (Wildman–Crippen MR) is 75.7 cm³/mol. The summed E-state index contributed by atoms with van der Waals surface area (Å²) in [6, 6.07) is 6.23. The largest absolute Gasteiger partial charge is 0.478 e. The number of rotatable bonds is 4. The molecule has 1 atom stereocenters. The number of nitrogens with zero attached hydrogens (tertiary/aromatic N) is 1. The first kappa shape index (κ1) is 15.7. The molecule has 0 aromatic heterocycles. The van der Waals surface area contributed by atoms with Crippen molar-refractivity contribution in [2.24, 2.45) is 0 Å². The van der Waals surface area contributed by atoms with Crippen molar-refractivity contribution in [1.82, 2.24) is 10.6 Å². The maximum absolute atomic E-state index is 11.9. The highest BCUT2D eigenvalue weighted by atomic mass is 16.4. The molecule has 0 unspecified atom stereocenters. The zero-order valence-corrected chi connectivity index (χ0v) is 12.0. The predicted octanol–water partition coefficient (Wildman–Crippen LogP) is 0.541. The molecular weight excluding hydrogens is 286 g/mol. The van der Waals surface area contributed by atoms with Gasteiger partial charge in [0.1, 0.15) is 0 Å². The van der Waals surface area contributed by atoms with E-state index in [9.17, 15) is 19.5 Å². The Bertz CT molecular complexity index is 693. The Balaban J connectivity index is 2.20. The first-order valence-electron chi connectivity index (χ1n) is 6.71. The van der Waals surface area contributed by atoms with Gasteiger partial charge in [-0.2, -0.15) is 5.26 Å². The van der Waals surface area contributed by atoms with E-state index in [2.05, 4.69) is 10.6 Å². The van der Waals surface area contributed by atoms with Crippen LogP contribution < -0.4 is 10.6 Å². The minimum absolute atomic E-state index is 0.0717. The van der Waals surface area contributed by atoms with Gasteiger partial charge in [0.15, 0.2) is 0 Å². The molecule has 1 heterocycles. The van der Waals surface area contributed by atoms with E-state index in [1.807, 2.05) is 6.07 Å². The molecule has 1 aromatic rings. The van der Waals surface area contributed by atoms with E-state index in [4.69, 9.17) is 5.26 Å². The van der Waals surface area contributed by atoms with Gasteiger partial charge in [-0.1, -0.05) is 0 Å². The Morgan fingerprint density at radius 2 is 2.23 bits per heavy atom. The quantitative estimate of drug-likeness (QED) is 0.698. The first-order chi connectivity index (χ1) is 10.4. The molecule has 0 aliphatic carbocycles. The molecule has 1 fully saturated rings. The molecule has 7 nitrogen and oxygen atoms in total. The number of carbonyl (C=O) groups is 3. The minimum Gasteiger partial charge on any atom is -0.478 e. The highest BCUT2D eigenvalue weighted by molar-refractivity contribution is 6.02. The van der Waals surface area contributed by atoms with Crippen LogP contribution in [0.25, 0.3) is 0 Å². The van der Waals surface area contributed by atoms with E-state index in [-0.39, 0.29) is 24.4 Å². The van der Waals surface area contributed by atoms with Gasteiger partial charge in [-0.25, -0.2) is 4.79 Å². The van der Waals surface area contributed by atoms with Crippen LogP contribution in [-0.2, 0) is 16.1 Å². The lowest BCUT2D eigenvalue weighted by molar-refractivity contribution is -0.138. The van der Waals surface area contributed by atoms with Crippen LogP contribution in [0, 0.1) is 11.3 Å². The van der Waals surface area contributed by atoms with Gasteiger partial charge < -0.3 is 5.11 Å². The van der Waals surface area contributed by atoms with Crippen LogP contribution in [0.15, 0.2) is 18.2 Å². The summed E-state index contributed by atoms with van der Waals surface area (Å²) in [6.45, 7) is 1.76. The third kappa shape index (κ3) is 3.13. The van der Waals surface area contributed by atoms with E-state index in [0.717, 1.165) is 0 Å². The Hall–Kier alpha value is -2.72. The monoisotopic (exact) mass is 301 g/mol. The maximum atomic E-state index is 11.9. The lowest BCUT2D eigenvalue weighted by atomic mass is 9.90. The van der Waals surface area contributed by atoms with Crippen molar-refractivity contribution in [2.75, 3.05) is 0 Å². The molecule has 3 N–H and O–H groups in total. The molecule has 7 heteroatoms. The fourth-order valence-electron chi connectivity index (χ4n) is 2.28. The normalized spacial score (nSPS) is 21.1. The molecular formula is C15H15N3O4. The molecule has 1 saturated heterocycles. The van der Waals surface area contributed by atoms with E-state index in [1.54, 1.807) is 6.92 Å². The zero-order chi connectivity index (χ0) is 16.3. The van der Waals surface area contributed by atoms with Crippen LogP contribution in [0.4, 0.5) is 0 Å². The number of benzene rings is 1. The van der Waals surface area contributed by atoms with Crippen LogP contribution in [0.2, 0.25) is 0 Å². The number of nitriles is 1. The number of amides is 2. The van der Waals surface area contributed by atoms with E-state index in [0.29, 0.717) is 17.5 Å². The van der Waals surface area contributed by atoms with Crippen molar-refractivity contribution in [1.29, 1.82) is 5.26 Å². The average molecular weight is 301 g/mol. The molecule has 0 radical (unpaired) electrons. The van der Waals surface area contributed by atoms with Crippen molar-refractivity contribution in [2.45, 2.75) is 31.8 Å². The summed E-state index contributed by atoms with van der Waals surface area (Å²) >= 11 is 0. The van der Waals surface area contributed by atoms with Crippen LogP contribution in [0.1, 0.15) is 41.3 Å². The van der Waals surface area contributed by atoms with Crippen molar-refractivity contribution in [3.8, 4) is 6.07 Å².